The van der Waals surface area contributed by atoms with Crippen molar-refractivity contribution in [1.29, 1.82) is 0 Å². The van der Waals surface area contributed by atoms with Crippen LogP contribution in [-0.2, 0) is 0 Å². The number of nitrogens with one attached hydrogen (secondary N) is 2. The Labute approximate surface area is 145 Å². The molecule has 0 aliphatic carbocycles. The number of carbonyl (C=O) groups is 1. The van der Waals surface area contributed by atoms with Gasteiger partial charge in [-0.05, 0) is 49.4 Å². The van der Waals surface area contributed by atoms with Crippen LogP contribution in [0.1, 0.15) is 16.1 Å². The molecule has 126 valence electrons. The number of carbonyl (C=O) groups excluding carboxylic acids is 1. The molecular weight excluding hydrogens is 316 g/mol. The highest BCUT2D eigenvalue weighted by Crippen LogP contribution is 2.20. The van der Waals surface area contributed by atoms with E-state index in [0.29, 0.717) is 22.8 Å². The van der Waals surface area contributed by atoms with Crippen LogP contribution in [0.15, 0.2) is 60.9 Å². The maximum atomic E-state index is 12.3. The number of amides is 1. The molecular formula is C19H18N4O2. The molecule has 0 bridgehead atoms. The van der Waals surface area contributed by atoms with Crippen molar-refractivity contribution in [3.63, 3.8) is 0 Å². The summed E-state index contributed by atoms with van der Waals surface area (Å²) in [5.41, 5.74) is 2.95. The summed E-state index contributed by atoms with van der Waals surface area (Å²) in [6, 6.07) is 16.2. The molecule has 3 aromatic rings. The lowest BCUT2D eigenvalue weighted by atomic mass is 10.2. The van der Waals surface area contributed by atoms with Crippen molar-refractivity contribution in [3.8, 4) is 5.75 Å². The average molecular weight is 334 g/mol. The fourth-order valence-corrected chi connectivity index (χ4v) is 2.29. The van der Waals surface area contributed by atoms with Crippen molar-refractivity contribution in [2.75, 3.05) is 17.7 Å². The molecule has 1 amide bonds. The van der Waals surface area contributed by atoms with Gasteiger partial charge in [-0.15, -0.1) is 0 Å². The Morgan fingerprint density at radius 2 is 1.76 bits per heavy atom. The Hall–Kier alpha value is -3.41. The second kappa shape index (κ2) is 7.44. The van der Waals surface area contributed by atoms with Crippen LogP contribution >= 0.6 is 0 Å². The third kappa shape index (κ3) is 4.32. The zero-order chi connectivity index (χ0) is 17.6. The molecule has 1 aromatic heterocycles. The van der Waals surface area contributed by atoms with Crippen molar-refractivity contribution in [1.82, 2.24) is 9.97 Å². The summed E-state index contributed by atoms with van der Waals surface area (Å²) in [7, 11) is 1.59. The monoisotopic (exact) mass is 334 g/mol. The molecule has 2 N–H and O–H groups in total. The van der Waals surface area contributed by atoms with Gasteiger partial charge in [-0.3, -0.25) is 4.79 Å². The van der Waals surface area contributed by atoms with Crippen LogP contribution in [0.5, 0.6) is 5.75 Å². The van der Waals surface area contributed by atoms with E-state index in [9.17, 15) is 4.79 Å². The first-order valence-electron chi connectivity index (χ1n) is 7.75. The van der Waals surface area contributed by atoms with Gasteiger partial charge in [0, 0.05) is 28.7 Å². The molecule has 0 aliphatic heterocycles. The zero-order valence-corrected chi connectivity index (χ0v) is 14.0. The van der Waals surface area contributed by atoms with E-state index in [2.05, 4.69) is 20.6 Å². The van der Waals surface area contributed by atoms with E-state index >= 15 is 0 Å². The third-order valence-corrected chi connectivity index (χ3v) is 3.55. The van der Waals surface area contributed by atoms with Crippen LogP contribution in [0, 0.1) is 6.92 Å². The maximum Gasteiger partial charge on any atom is 0.255 e. The maximum absolute atomic E-state index is 12.3. The van der Waals surface area contributed by atoms with E-state index in [1.54, 1.807) is 31.4 Å². The van der Waals surface area contributed by atoms with E-state index in [-0.39, 0.29) is 5.91 Å². The third-order valence-electron chi connectivity index (χ3n) is 3.55. The number of rotatable bonds is 5. The van der Waals surface area contributed by atoms with Gasteiger partial charge in [-0.25, -0.2) is 9.97 Å². The number of aromatic nitrogens is 2. The van der Waals surface area contributed by atoms with E-state index in [1.165, 1.54) is 6.33 Å². The van der Waals surface area contributed by atoms with Crippen molar-refractivity contribution >= 4 is 23.1 Å². The Bertz CT molecular complexity index is 879. The first-order chi connectivity index (χ1) is 12.1. The quantitative estimate of drug-likeness (QED) is 0.742. The minimum Gasteiger partial charge on any atom is -0.497 e. The number of hydrogen-bond donors (Lipinski definition) is 2. The number of anilines is 3. The van der Waals surface area contributed by atoms with E-state index in [4.69, 9.17) is 4.74 Å². The highest BCUT2D eigenvalue weighted by Gasteiger charge is 2.07. The first-order valence-corrected chi connectivity index (χ1v) is 7.75. The summed E-state index contributed by atoms with van der Waals surface area (Å²) in [6.07, 6.45) is 1.51. The molecule has 0 atom stereocenters. The van der Waals surface area contributed by atoms with E-state index < -0.39 is 0 Å². The summed E-state index contributed by atoms with van der Waals surface area (Å²) < 4.78 is 5.10. The summed E-state index contributed by atoms with van der Waals surface area (Å²) in [4.78, 5) is 20.6. The molecule has 6 heteroatoms. The van der Waals surface area contributed by atoms with Crippen LogP contribution in [0.4, 0.5) is 17.2 Å². The summed E-state index contributed by atoms with van der Waals surface area (Å²) in [5.74, 6) is 1.23. The van der Waals surface area contributed by atoms with Gasteiger partial charge in [0.2, 0.25) is 0 Å². The second-order valence-corrected chi connectivity index (χ2v) is 5.43. The SMILES string of the molecule is COc1ccc(C(=O)Nc2cccc(Nc3cc(C)ncn3)c2)cc1. The highest BCUT2D eigenvalue weighted by atomic mass is 16.5. The zero-order valence-electron chi connectivity index (χ0n) is 14.0. The standard InChI is InChI=1S/C19H18N4O2/c1-13-10-18(21-12-20-13)22-15-4-3-5-16(11-15)23-19(24)14-6-8-17(25-2)9-7-14/h3-12H,1-2H3,(H,23,24)(H,20,21,22). The van der Waals surface area contributed by atoms with Crippen LogP contribution in [0.2, 0.25) is 0 Å². The van der Waals surface area contributed by atoms with Crippen molar-refractivity contribution in [2.24, 2.45) is 0 Å². The summed E-state index contributed by atoms with van der Waals surface area (Å²) in [6.45, 7) is 1.90. The van der Waals surface area contributed by atoms with Crippen LogP contribution in [-0.4, -0.2) is 23.0 Å². The van der Waals surface area contributed by atoms with Crippen LogP contribution in [0.25, 0.3) is 0 Å². The van der Waals surface area contributed by atoms with Crippen molar-refractivity contribution < 1.29 is 9.53 Å². The number of aryl methyl sites for hydroxylation is 1. The van der Waals surface area contributed by atoms with E-state index in [0.717, 1.165) is 11.4 Å². The Kier molecular flexibility index (Phi) is 4.89. The lowest BCUT2D eigenvalue weighted by molar-refractivity contribution is 0.102. The predicted molar refractivity (Wildman–Crippen MR) is 97.4 cm³/mol. The number of methoxy groups -OCH3 is 1. The Balaban J connectivity index is 1.71. The molecule has 0 unspecified atom stereocenters. The molecule has 0 aliphatic rings. The smallest absolute Gasteiger partial charge is 0.255 e. The normalized spacial score (nSPS) is 10.2. The molecule has 1 heterocycles. The minimum absolute atomic E-state index is 0.183. The predicted octanol–water partition coefficient (Wildman–Crippen LogP) is 3.79. The average Bonchev–Trinajstić information content (AvgIpc) is 2.62. The van der Waals surface area contributed by atoms with Gasteiger partial charge in [0.05, 0.1) is 7.11 Å². The fourth-order valence-electron chi connectivity index (χ4n) is 2.29. The number of benzene rings is 2. The van der Waals surface area contributed by atoms with Gasteiger partial charge in [0.1, 0.15) is 17.9 Å². The molecule has 0 fully saturated rings. The highest BCUT2D eigenvalue weighted by molar-refractivity contribution is 6.04. The van der Waals surface area contributed by atoms with Crippen molar-refractivity contribution in [2.45, 2.75) is 6.92 Å². The lowest BCUT2D eigenvalue weighted by Crippen LogP contribution is -2.11. The second-order valence-electron chi connectivity index (χ2n) is 5.43. The summed E-state index contributed by atoms with van der Waals surface area (Å²) in [5, 5.41) is 6.08. The first kappa shape index (κ1) is 16.4. The topological polar surface area (TPSA) is 76.1 Å². The molecule has 6 nitrogen and oxygen atoms in total. The van der Waals surface area contributed by atoms with Gasteiger partial charge >= 0.3 is 0 Å². The molecule has 25 heavy (non-hydrogen) atoms. The van der Waals surface area contributed by atoms with Gasteiger partial charge in [-0.1, -0.05) is 6.07 Å². The largest absolute Gasteiger partial charge is 0.497 e. The Morgan fingerprint density at radius 1 is 1.00 bits per heavy atom. The lowest BCUT2D eigenvalue weighted by Gasteiger charge is -2.09. The Morgan fingerprint density at radius 3 is 2.48 bits per heavy atom. The molecule has 2 aromatic carbocycles. The number of hydrogen-bond acceptors (Lipinski definition) is 5. The molecule has 3 rings (SSSR count). The summed E-state index contributed by atoms with van der Waals surface area (Å²) >= 11 is 0. The number of nitrogens with zero attached hydrogens (tertiary/aromatic N) is 2. The van der Waals surface area contributed by atoms with Crippen LogP contribution < -0.4 is 15.4 Å². The molecule has 0 saturated carbocycles. The fraction of sp³-hybridized carbons (Fsp3) is 0.105. The molecule has 0 saturated heterocycles. The minimum atomic E-state index is -0.183. The molecule has 0 spiro atoms. The van der Waals surface area contributed by atoms with Gasteiger partial charge in [0.25, 0.3) is 5.91 Å². The van der Waals surface area contributed by atoms with Gasteiger partial charge in [0.15, 0.2) is 0 Å². The van der Waals surface area contributed by atoms with Crippen LogP contribution in [0.3, 0.4) is 0 Å². The molecule has 0 radical (unpaired) electrons. The van der Waals surface area contributed by atoms with Gasteiger partial charge in [-0.2, -0.15) is 0 Å². The van der Waals surface area contributed by atoms with Crippen molar-refractivity contribution in [3.05, 3.63) is 72.2 Å². The van der Waals surface area contributed by atoms with Gasteiger partial charge < -0.3 is 15.4 Å². The van der Waals surface area contributed by atoms with E-state index in [1.807, 2.05) is 37.3 Å². The number of ether oxygens (including phenoxy) is 1.